The van der Waals surface area contributed by atoms with Gasteiger partial charge in [-0.25, -0.2) is 0 Å². The second-order valence-electron chi connectivity index (χ2n) is 4.96. The molecule has 2 aromatic heterocycles. The van der Waals surface area contributed by atoms with Gasteiger partial charge in [0.15, 0.2) is 0 Å². The first-order valence-electron chi connectivity index (χ1n) is 7.17. The quantitative estimate of drug-likeness (QED) is 0.821. The molecule has 5 heteroatoms. The maximum atomic E-state index is 6.47. The zero-order valence-corrected chi connectivity index (χ0v) is 13.9. The summed E-state index contributed by atoms with van der Waals surface area (Å²) >= 11 is 8.19. The summed E-state index contributed by atoms with van der Waals surface area (Å²) in [5, 5.41) is 11.0. The summed E-state index contributed by atoms with van der Waals surface area (Å²) in [6.45, 7) is 8.31. The van der Waals surface area contributed by atoms with Crippen molar-refractivity contribution in [3.8, 4) is 0 Å². The summed E-state index contributed by atoms with van der Waals surface area (Å²) in [4.78, 5) is 1.19. The van der Waals surface area contributed by atoms with Crippen molar-refractivity contribution in [2.24, 2.45) is 0 Å². The lowest BCUT2D eigenvalue weighted by atomic mass is 10.1. The first-order chi connectivity index (χ1) is 9.69. The Morgan fingerprint density at radius 3 is 2.80 bits per heavy atom. The molecule has 0 aliphatic carbocycles. The van der Waals surface area contributed by atoms with Gasteiger partial charge in [-0.15, -0.1) is 11.3 Å². The van der Waals surface area contributed by atoms with E-state index in [1.807, 2.05) is 6.20 Å². The third-order valence-electron chi connectivity index (χ3n) is 3.27. The van der Waals surface area contributed by atoms with Gasteiger partial charge in [0.05, 0.1) is 16.8 Å². The number of aromatic nitrogens is 2. The molecule has 2 heterocycles. The van der Waals surface area contributed by atoms with E-state index in [2.05, 4.69) is 47.3 Å². The van der Waals surface area contributed by atoms with Gasteiger partial charge in [-0.1, -0.05) is 25.4 Å². The molecule has 0 aliphatic heterocycles. The van der Waals surface area contributed by atoms with E-state index < -0.39 is 0 Å². The highest BCUT2D eigenvalue weighted by Gasteiger charge is 2.22. The zero-order valence-electron chi connectivity index (χ0n) is 12.3. The van der Waals surface area contributed by atoms with E-state index in [4.69, 9.17) is 11.6 Å². The number of aryl methyl sites for hydroxylation is 2. The summed E-state index contributed by atoms with van der Waals surface area (Å²) in [5.74, 6) is 0. The van der Waals surface area contributed by atoms with Crippen molar-refractivity contribution in [2.45, 2.75) is 46.2 Å². The zero-order chi connectivity index (χ0) is 14.5. The van der Waals surface area contributed by atoms with Gasteiger partial charge in [0.25, 0.3) is 0 Å². The number of rotatable bonds is 7. The number of hydrogen-bond donors (Lipinski definition) is 1. The SMILES string of the molecule is CCCNC(c1scc(C)c1Cl)c1ccnn1CCC. The molecule has 0 aliphatic rings. The van der Waals surface area contributed by atoms with Crippen molar-refractivity contribution in [1.82, 2.24) is 15.1 Å². The highest BCUT2D eigenvalue weighted by molar-refractivity contribution is 7.10. The third kappa shape index (κ3) is 3.25. The Labute approximate surface area is 130 Å². The molecule has 2 aromatic rings. The van der Waals surface area contributed by atoms with Gasteiger partial charge in [-0.2, -0.15) is 5.10 Å². The van der Waals surface area contributed by atoms with E-state index in [9.17, 15) is 0 Å². The molecule has 0 amide bonds. The molecular weight excluding hydrogens is 290 g/mol. The summed E-state index contributed by atoms with van der Waals surface area (Å²) < 4.78 is 2.08. The Morgan fingerprint density at radius 1 is 1.40 bits per heavy atom. The van der Waals surface area contributed by atoms with Gasteiger partial charge in [0.1, 0.15) is 0 Å². The van der Waals surface area contributed by atoms with Gasteiger partial charge in [-0.3, -0.25) is 4.68 Å². The fourth-order valence-corrected chi connectivity index (χ4v) is 3.64. The lowest BCUT2D eigenvalue weighted by Crippen LogP contribution is -2.25. The van der Waals surface area contributed by atoms with E-state index in [0.29, 0.717) is 0 Å². The molecule has 1 N–H and O–H groups in total. The number of hydrogen-bond acceptors (Lipinski definition) is 3. The van der Waals surface area contributed by atoms with Crippen LogP contribution in [0.15, 0.2) is 17.6 Å². The van der Waals surface area contributed by atoms with Crippen molar-refractivity contribution in [1.29, 1.82) is 0 Å². The highest BCUT2D eigenvalue weighted by atomic mass is 35.5. The van der Waals surface area contributed by atoms with Crippen LogP contribution in [0.1, 0.15) is 48.9 Å². The second-order valence-corrected chi connectivity index (χ2v) is 6.25. The number of nitrogens with zero attached hydrogens (tertiary/aromatic N) is 2. The molecule has 0 spiro atoms. The fraction of sp³-hybridized carbons (Fsp3) is 0.533. The Bertz CT molecular complexity index is 547. The first-order valence-corrected chi connectivity index (χ1v) is 8.43. The second kappa shape index (κ2) is 7.25. The van der Waals surface area contributed by atoms with Crippen molar-refractivity contribution < 1.29 is 0 Å². The molecule has 1 atom stereocenters. The van der Waals surface area contributed by atoms with Crippen LogP contribution in [0.2, 0.25) is 5.02 Å². The topological polar surface area (TPSA) is 29.9 Å². The van der Waals surface area contributed by atoms with Crippen molar-refractivity contribution in [2.75, 3.05) is 6.54 Å². The van der Waals surface area contributed by atoms with Crippen molar-refractivity contribution in [3.05, 3.63) is 38.8 Å². The van der Waals surface area contributed by atoms with Crippen LogP contribution < -0.4 is 5.32 Å². The summed E-state index contributed by atoms with van der Waals surface area (Å²) in [5.41, 5.74) is 2.35. The normalized spacial score (nSPS) is 12.8. The Kier molecular flexibility index (Phi) is 5.64. The van der Waals surface area contributed by atoms with Crippen LogP contribution >= 0.6 is 22.9 Å². The predicted molar refractivity (Wildman–Crippen MR) is 86.7 cm³/mol. The van der Waals surface area contributed by atoms with Crippen molar-refractivity contribution in [3.63, 3.8) is 0 Å². The van der Waals surface area contributed by atoms with Gasteiger partial charge >= 0.3 is 0 Å². The standard InChI is InChI=1S/C15H22ClN3S/c1-4-7-17-14(15-13(16)11(3)10-20-15)12-6-8-18-19(12)9-5-2/h6,8,10,14,17H,4-5,7,9H2,1-3H3. The largest absolute Gasteiger partial charge is 0.304 e. The molecule has 0 saturated carbocycles. The van der Waals surface area contributed by atoms with Crippen molar-refractivity contribution >= 4 is 22.9 Å². The van der Waals surface area contributed by atoms with Crippen LogP contribution in [0.3, 0.4) is 0 Å². The molecule has 1 unspecified atom stereocenters. The van der Waals surface area contributed by atoms with E-state index in [-0.39, 0.29) is 6.04 Å². The third-order valence-corrected chi connectivity index (χ3v) is 5.05. The highest BCUT2D eigenvalue weighted by Crippen LogP contribution is 2.35. The summed E-state index contributed by atoms with van der Waals surface area (Å²) in [7, 11) is 0. The van der Waals surface area contributed by atoms with Crippen LogP contribution in [0.5, 0.6) is 0 Å². The lowest BCUT2D eigenvalue weighted by molar-refractivity contribution is 0.515. The van der Waals surface area contributed by atoms with Crippen LogP contribution in [-0.4, -0.2) is 16.3 Å². The van der Waals surface area contributed by atoms with Crippen LogP contribution in [0.25, 0.3) is 0 Å². The van der Waals surface area contributed by atoms with E-state index in [0.717, 1.165) is 36.5 Å². The lowest BCUT2D eigenvalue weighted by Gasteiger charge is -2.19. The van der Waals surface area contributed by atoms with Crippen LogP contribution in [-0.2, 0) is 6.54 Å². The predicted octanol–water partition coefficient (Wildman–Crippen LogP) is 4.41. The molecule has 20 heavy (non-hydrogen) atoms. The molecule has 3 nitrogen and oxygen atoms in total. The maximum Gasteiger partial charge on any atom is 0.0857 e. The summed E-state index contributed by atoms with van der Waals surface area (Å²) in [6.07, 6.45) is 4.05. The summed E-state index contributed by atoms with van der Waals surface area (Å²) in [6, 6.07) is 2.23. The molecule has 0 radical (unpaired) electrons. The van der Waals surface area contributed by atoms with Gasteiger partial charge in [0, 0.05) is 17.6 Å². The van der Waals surface area contributed by atoms with Crippen LogP contribution in [0.4, 0.5) is 0 Å². The smallest absolute Gasteiger partial charge is 0.0857 e. The maximum absolute atomic E-state index is 6.47. The monoisotopic (exact) mass is 311 g/mol. The van der Waals surface area contributed by atoms with E-state index in [1.165, 1.54) is 10.6 Å². The van der Waals surface area contributed by atoms with E-state index >= 15 is 0 Å². The average molecular weight is 312 g/mol. The van der Waals surface area contributed by atoms with Crippen LogP contribution in [0, 0.1) is 6.92 Å². The molecule has 0 aromatic carbocycles. The first kappa shape index (κ1) is 15.5. The molecule has 110 valence electrons. The number of thiophene rings is 1. The molecule has 2 rings (SSSR count). The number of nitrogens with one attached hydrogen (secondary N) is 1. The van der Waals surface area contributed by atoms with Gasteiger partial charge in [0.2, 0.25) is 0 Å². The molecule has 0 saturated heterocycles. The molecular formula is C15H22ClN3S. The Morgan fingerprint density at radius 2 is 2.20 bits per heavy atom. The Balaban J connectivity index is 2.36. The number of halogens is 1. The molecule has 0 bridgehead atoms. The van der Waals surface area contributed by atoms with Gasteiger partial charge in [-0.05, 0) is 43.3 Å². The Hall–Kier alpha value is -0.840. The molecule has 0 fully saturated rings. The minimum atomic E-state index is 0.134. The van der Waals surface area contributed by atoms with E-state index in [1.54, 1.807) is 11.3 Å². The minimum Gasteiger partial charge on any atom is -0.304 e. The fourth-order valence-electron chi connectivity index (χ4n) is 2.25. The average Bonchev–Trinajstić information content (AvgIpc) is 3.02. The van der Waals surface area contributed by atoms with Gasteiger partial charge < -0.3 is 5.32 Å². The minimum absolute atomic E-state index is 0.134.